The summed E-state index contributed by atoms with van der Waals surface area (Å²) < 4.78 is 5.40. The second-order valence-corrected chi connectivity index (χ2v) is 5.84. The molecule has 1 aromatic heterocycles. The summed E-state index contributed by atoms with van der Waals surface area (Å²) in [4.78, 5) is 24.0. The highest BCUT2D eigenvalue weighted by atomic mass is 32.1. The molecule has 1 heterocycles. The number of carbonyl (C=O) groups excluding carboxylic acids is 2. The van der Waals surface area contributed by atoms with Gasteiger partial charge in [0.2, 0.25) is 0 Å². The van der Waals surface area contributed by atoms with Gasteiger partial charge in [-0.3, -0.25) is 25.8 Å². The Balaban J connectivity index is 1.71. The third kappa shape index (κ3) is 5.35. The molecule has 0 aliphatic heterocycles. The van der Waals surface area contributed by atoms with Crippen LogP contribution in [-0.2, 0) is 4.79 Å². The molecule has 0 unspecified atom stereocenters. The largest absolute Gasteiger partial charge is 0.483 e. The molecule has 2 amide bonds. The predicted molar refractivity (Wildman–Crippen MR) is 92.3 cm³/mol. The topological polar surface area (TPSA) is 79.5 Å². The Kier molecular flexibility index (Phi) is 6.07. The Morgan fingerprint density at radius 2 is 1.96 bits per heavy atom. The molecule has 3 N–H and O–H groups in total. The number of nitrogens with one attached hydrogen (secondary N) is 3. The first-order chi connectivity index (χ1) is 11.1. The Hall–Kier alpha value is -2.45. The molecule has 120 valence electrons. The zero-order valence-electron chi connectivity index (χ0n) is 12.3. The molecule has 0 saturated carbocycles. The van der Waals surface area contributed by atoms with Crippen LogP contribution in [0.5, 0.6) is 5.75 Å². The van der Waals surface area contributed by atoms with Crippen molar-refractivity contribution in [2.45, 2.75) is 6.92 Å². The maximum Gasteiger partial charge on any atom is 0.279 e. The molecule has 1 aromatic carbocycles. The predicted octanol–water partition coefficient (Wildman–Crippen LogP) is 1.77. The Labute approximate surface area is 142 Å². The van der Waals surface area contributed by atoms with Crippen LogP contribution in [0.4, 0.5) is 0 Å². The fourth-order valence-electron chi connectivity index (χ4n) is 1.64. The number of hydrazine groups is 1. The van der Waals surface area contributed by atoms with Crippen molar-refractivity contribution in [1.29, 1.82) is 0 Å². The van der Waals surface area contributed by atoms with Gasteiger partial charge in [0.15, 0.2) is 11.7 Å². The van der Waals surface area contributed by atoms with Crippen LogP contribution in [0.2, 0.25) is 0 Å². The molecule has 0 radical (unpaired) electrons. The van der Waals surface area contributed by atoms with Gasteiger partial charge >= 0.3 is 0 Å². The summed E-state index contributed by atoms with van der Waals surface area (Å²) in [6.07, 6.45) is 0. The number of hydrogen-bond donors (Lipinski definition) is 3. The first-order valence-corrected chi connectivity index (χ1v) is 7.97. The van der Waals surface area contributed by atoms with E-state index in [1.807, 2.05) is 25.1 Å². The van der Waals surface area contributed by atoms with Gasteiger partial charge in [0, 0.05) is 0 Å². The third-order valence-corrected chi connectivity index (χ3v) is 3.81. The van der Waals surface area contributed by atoms with Gasteiger partial charge in [-0.2, -0.15) is 0 Å². The van der Waals surface area contributed by atoms with E-state index < -0.39 is 5.91 Å². The van der Waals surface area contributed by atoms with E-state index in [1.54, 1.807) is 23.6 Å². The highest BCUT2D eigenvalue weighted by Crippen LogP contribution is 2.15. The van der Waals surface area contributed by atoms with Gasteiger partial charge in [-0.1, -0.05) is 24.3 Å². The standard InChI is InChI=1S/C15H15N3O3S2/c1-10-5-2-3-6-11(10)21-9-13(19)16-15(22)18-17-14(20)12-7-4-8-23-12/h2-8H,9H2,1H3,(H,17,20)(H2,16,18,19,22). The number of rotatable bonds is 4. The summed E-state index contributed by atoms with van der Waals surface area (Å²) in [7, 11) is 0. The van der Waals surface area contributed by atoms with Gasteiger partial charge < -0.3 is 4.74 Å². The van der Waals surface area contributed by atoms with Crippen molar-refractivity contribution in [2.75, 3.05) is 6.61 Å². The van der Waals surface area contributed by atoms with Crippen LogP contribution in [0.3, 0.4) is 0 Å². The number of amides is 2. The van der Waals surface area contributed by atoms with Crippen molar-refractivity contribution in [1.82, 2.24) is 16.2 Å². The molecule has 0 atom stereocenters. The Morgan fingerprint density at radius 1 is 1.17 bits per heavy atom. The maximum absolute atomic E-state index is 11.7. The van der Waals surface area contributed by atoms with E-state index in [-0.39, 0.29) is 17.6 Å². The van der Waals surface area contributed by atoms with Gasteiger partial charge in [0.25, 0.3) is 11.8 Å². The highest BCUT2D eigenvalue weighted by Gasteiger charge is 2.09. The van der Waals surface area contributed by atoms with Crippen LogP contribution in [-0.4, -0.2) is 23.5 Å². The number of ether oxygens (including phenoxy) is 1. The molecule has 0 aliphatic carbocycles. The van der Waals surface area contributed by atoms with Crippen molar-refractivity contribution in [2.24, 2.45) is 0 Å². The van der Waals surface area contributed by atoms with E-state index in [9.17, 15) is 9.59 Å². The van der Waals surface area contributed by atoms with Crippen molar-refractivity contribution in [3.63, 3.8) is 0 Å². The van der Waals surface area contributed by atoms with Crippen LogP contribution in [0.1, 0.15) is 15.2 Å². The number of benzene rings is 1. The van der Waals surface area contributed by atoms with Crippen LogP contribution in [0.25, 0.3) is 0 Å². The molecule has 0 fully saturated rings. The highest BCUT2D eigenvalue weighted by molar-refractivity contribution is 7.80. The third-order valence-electron chi connectivity index (χ3n) is 2.74. The molecule has 0 spiro atoms. The second kappa shape index (κ2) is 8.25. The van der Waals surface area contributed by atoms with E-state index in [4.69, 9.17) is 17.0 Å². The monoisotopic (exact) mass is 349 g/mol. The quantitative estimate of drug-likeness (QED) is 0.579. The fourth-order valence-corrected chi connectivity index (χ4v) is 2.42. The first-order valence-electron chi connectivity index (χ1n) is 6.68. The second-order valence-electron chi connectivity index (χ2n) is 4.49. The molecule has 23 heavy (non-hydrogen) atoms. The van der Waals surface area contributed by atoms with Crippen molar-refractivity contribution < 1.29 is 14.3 Å². The van der Waals surface area contributed by atoms with Crippen LogP contribution >= 0.6 is 23.6 Å². The van der Waals surface area contributed by atoms with Crippen molar-refractivity contribution >= 4 is 40.5 Å². The van der Waals surface area contributed by atoms with E-state index >= 15 is 0 Å². The average Bonchev–Trinajstić information content (AvgIpc) is 3.06. The molecular formula is C15H15N3O3S2. The number of hydrogen-bond acceptors (Lipinski definition) is 5. The van der Waals surface area contributed by atoms with Crippen LogP contribution in [0.15, 0.2) is 41.8 Å². The molecule has 6 nitrogen and oxygen atoms in total. The van der Waals surface area contributed by atoms with Gasteiger partial charge in [0.1, 0.15) is 5.75 Å². The number of aryl methyl sites for hydroxylation is 1. The van der Waals surface area contributed by atoms with E-state index in [0.29, 0.717) is 10.6 Å². The van der Waals surface area contributed by atoms with Gasteiger partial charge in [-0.25, -0.2) is 0 Å². The average molecular weight is 349 g/mol. The smallest absolute Gasteiger partial charge is 0.279 e. The van der Waals surface area contributed by atoms with Gasteiger partial charge in [-0.15, -0.1) is 11.3 Å². The van der Waals surface area contributed by atoms with Gasteiger partial charge in [-0.05, 0) is 42.2 Å². The van der Waals surface area contributed by atoms with E-state index in [1.165, 1.54) is 11.3 Å². The van der Waals surface area contributed by atoms with E-state index in [0.717, 1.165) is 5.56 Å². The summed E-state index contributed by atoms with van der Waals surface area (Å²) in [6.45, 7) is 1.71. The molecule has 0 bridgehead atoms. The van der Waals surface area contributed by atoms with Crippen LogP contribution < -0.4 is 20.9 Å². The summed E-state index contributed by atoms with van der Waals surface area (Å²) in [6, 6.07) is 10.8. The lowest BCUT2D eigenvalue weighted by Crippen LogP contribution is -2.49. The lowest BCUT2D eigenvalue weighted by Gasteiger charge is -2.11. The Bertz CT molecular complexity index is 702. The number of thiocarbonyl (C=S) groups is 1. The minimum atomic E-state index is -0.420. The molecule has 2 aromatic rings. The number of para-hydroxylation sites is 1. The molecule has 0 saturated heterocycles. The summed E-state index contributed by atoms with van der Waals surface area (Å²) in [5.41, 5.74) is 5.79. The fraction of sp³-hybridized carbons (Fsp3) is 0.133. The summed E-state index contributed by atoms with van der Waals surface area (Å²) >= 11 is 6.23. The summed E-state index contributed by atoms with van der Waals surface area (Å²) in [5, 5.41) is 4.20. The van der Waals surface area contributed by atoms with Gasteiger partial charge in [0.05, 0.1) is 4.88 Å². The molecular weight excluding hydrogens is 334 g/mol. The zero-order valence-corrected chi connectivity index (χ0v) is 13.9. The number of carbonyl (C=O) groups is 2. The Morgan fingerprint density at radius 3 is 2.65 bits per heavy atom. The zero-order chi connectivity index (χ0) is 16.7. The molecule has 2 rings (SSSR count). The summed E-state index contributed by atoms with van der Waals surface area (Å²) in [5.74, 6) is -0.114. The lowest BCUT2D eigenvalue weighted by molar-refractivity contribution is -0.121. The van der Waals surface area contributed by atoms with E-state index in [2.05, 4.69) is 16.2 Å². The maximum atomic E-state index is 11.7. The lowest BCUT2D eigenvalue weighted by atomic mass is 10.2. The number of thiophene rings is 1. The normalized spacial score (nSPS) is 9.78. The SMILES string of the molecule is Cc1ccccc1OCC(=O)NC(=S)NNC(=O)c1cccs1. The van der Waals surface area contributed by atoms with Crippen molar-refractivity contribution in [3.8, 4) is 5.75 Å². The molecule has 0 aliphatic rings. The van der Waals surface area contributed by atoms with Crippen LogP contribution in [0, 0.1) is 6.92 Å². The minimum absolute atomic E-state index is 0.00621. The molecule has 8 heteroatoms. The first kappa shape index (κ1) is 16.9. The minimum Gasteiger partial charge on any atom is -0.483 e. The van der Waals surface area contributed by atoms with Crippen molar-refractivity contribution in [3.05, 3.63) is 52.2 Å².